The highest BCUT2D eigenvalue weighted by molar-refractivity contribution is 5.67. The maximum absolute atomic E-state index is 11.1. The maximum Gasteiger partial charge on any atom is 0.306 e. The molecule has 2 heterocycles. The molecule has 132 valence electrons. The molecule has 25 heavy (non-hydrogen) atoms. The summed E-state index contributed by atoms with van der Waals surface area (Å²) >= 11 is 0. The van der Waals surface area contributed by atoms with Crippen molar-refractivity contribution in [3.8, 4) is 5.69 Å². The number of para-hydroxylation sites is 1. The summed E-state index contributed by atoms with van der Waals surface area (Å²) in [6, 6.07) is 12.1. The number of hydrogen-bond acceptors (Lipinski definition) is 4. The standard InChI is InChI=1S/C19H23N3O3/c23-18(24)11-17-13-21(14-19(25-17)8-4-9-19)12-16-7-10-20-22(16)15-5-2-1-3-6-15/h1-3,5-7,10,17H,4,8-9,11-14H2,(H,23,24). The molecule has 0 amide bonds. The number of nitrogens with zero attached hydrogens (tertiary/aromatic N) is 3. The third-order valence-corrected chi connectivity index (χ3v) is 5.16. The molecule has 1 spiro atoms. The number of benzene rings is 1. The zero-order valence-corrected chi connectivity index (χ0v) is 14.2. The van der Waals surface area contributed by atoms with Gasteiger partial charge in [0.15, 0.2) is 0 Å². The number of carboxylic acid groups (broad SMARTS) is 1. The zero-order chi connectivity index (χ0) is 17.3. The van der Waals surface area contributed by atoms with Gasteiger partial charge in [0.2, 0.25) is 0 Å². The Balaban J connectivity index is 1.52. The number of carbonyl (C=O) groups is 1. The molecular formula is C19H23N3O3. The summed E-state index contributed by atoms with van der Waals surface area (Å²) in [5, 5.41) is 13.6. The minimum atomic E-state index is -0.796. The molecule has 2 aliphatic rings. The molecule has 1 aromatic carbocycles. The molecule has 1 atom stereocenters. The number of rotatable bonds is 5. The number of morpholine rings is 1. The Morgan fingerprint density at radius 3 is 2.76 bits per heavy atom. The van der Waals surface area contributed by atoms with E-state index in [1.165, 1.54) is 0 Å². The molecule has 0 bridgehead atoms. The Bertz CT molecular complexity index is 739. The topological polar surface area (TPSA) is 67.6 Å². The largest absolute Gasteiger partial charge is 0.481 e. The first-order valence-electron chi connectivity index (χ1n) is 8.84. The predicted octanol–water partition coefficient (Wildman–Crippen LogP) is 2.47. The van der Waals surface area contributed by atoms with Crippen LogP contribution < -0.4 is 0 Å². The van der Waals surface area contributed by atoms with E-state index in [4.69, 9.17) is 9.84 Å². The lowest BCUT2D eigenvalue weighted by atomic mass is 9.78. The molecule has 1 saturated heterocycles. The van der Waals surface area contributed by atoms with Gasteiger partial charge in [0.25, 0.3) is 0 Å². The Morgan fingerprint density at radius 2 is 2.08 bits per heavy atom. The SMILES string of the molecule is O=C(O)CC1CN(Cc2ccnn2-c2ccccc2)CC2(CCC2)O1. The average Bonchev–Trinajstić information content (AvgIpc) is 3.01. The Morgan fingerprint density at radius 1 is 1.28 bits per heavy atom. The van der Waals surface area contributed by atoms with Crippen molar-refractivity contribution in [3.05, 3.63) is 48.3 Å². The molecular weight excluding hydrogens is 318 g/mol. The molecule has 1 unspecified atom stereocenters. The van der Waals surface area contributed by atoms with Crippen LogP contribution in [0, 0.1) is 0 Å². The second-order valence-electron chi connectivity index (χ2n) is 7.11. The quantitative estimate of drug-likeness (QED) is 0.905. The van der Waals surface area contributed by atoms with E-state index in [1.807, 2.05) is 47.3 Å². The molecule has 1 aliphatic heterocycles. The number of ether oxygens (including phenoxy) is 1. The van der Waals surface area contributed by atoms with E-state index >= 15 is 0 Å². The van der Waals surface area contributed by atoms with Crippen molar-refractivity contribution < 1.29 is 14.6 Å². The van der Waals surface area contributed by atoms with Crippen molar-refractivity contribution in [2.24, 2.45) is 0 Å². The van der Waals surface area contributed by atoms with Gasteiger partial charge in [0.1, 0.15) is 0 Å². The van der Waals surface area contributed by atoms with Gasteiger partial charge in [0, 0.05) is 25.8 Å². The van der Waals surface area contributed by atoms with Crippen LogP contribution in [0.3, 0.4) is 0 Å². The fourth-order valence-electron chi connectivity index (χ4n) is 3.94. The molecule has 1 aromatic heterocycles. The summed E-state index contributed by atoms with van der Waals surface area (Å²) in [6.45, 7) is 2.26. The summed E-state index contributed by atoms with van der Waals surface area (Å²) < 4.78 is 8.09. The molecule has 1 aliphatic carbocycles. The van der Waals surface area contributed by atoms with Crippen LogP contribution in [-0.4, -0.2) is 50.6 Å². The number of aromatic nitrogens is 2. The lowest BCUT2D eigenvalue weighted by molar-refractivity contribution is -0.197. The fraction of sp³-hybridized carbons (Fsp3) is 0.474. The summed E-state index contributed by atoms with van der Waals surface area (Å²) in [5.74, 6) is -0.796. The second-order valence-corrected chi connectivity index (χ2v) is 7.11. The minimum absolute atomic E-state index is 0.0657. The van der Waals surface area contributed by atoms with Crippen molar-refractivity contribution in [2.45, 2.75) is 43.9 Å². The van der Waals surface area contributed by atoms with Gasteiger partial charge in [-0.2, -0.15) is 5.10 Å². The van der Waals surface area contributed by atoms with Gasteiger partial charge in [-0.3, -0.25) is 9.69 Å². The van der Waals surface area contributed by atoms with Crippen LogP contribution in [0.5, 0.6) is 0 Å². The normalized spacial score (nSPS) is 22.6. The monoisotopic (exact) mass is 341 g/mol. The summed E-state index contributed by atoms with van der Waals surface area (Å²) in [6.07, 6.45) is 4.86. The third kappa shape index (κ3) is 3.45. The molecule has 2 aromatic rings. The maximum atomic E-state index is 11.1. The van der Waals surface area contributed by atoms with Gasteiger partial charge in [0.05, 0.1) is 29.5 Å². The van der Waals surface area contributed by atoms with E-state index in [2.05, 4.69) is 10.00 Å². The Hall–Kier alpha value is -2.18. The third-order valence-electron chi connectivity index (χ3n) is 5.16. The van der Waals surface area contributed by atoms with Gasteiger partial charge >= 0.3 is 5.97 Å². The highest BCUT2D eigenvalue weighted by Gasteiger charge is 2.45. The van der Waals surface area contributed by atoms with Crippen molar-refractivity contribution >= 4 is 5.97 Å². The highest BCUT2D eigenvalue weighted by Crippen LogP contribution is 2.40. The molecule has 2 fully saturated rings. The average molecular weight is 341 g/mol. The van der Waals surface area contributed by atoms with E-state index in [9.17, 15) is 4.79 Å². The lowest BCUT2D eigenvalue weighted by Gasteiger charge is -2.51. The first kappa shape index (κ1) is 16.3. The first-order chi connectivity index (χ1) is 12.1. The first-order valence-corrected chi connectivity index (χ1v) is 8.84. The van der Waals surface area contributed by atoms with Gasteiger partial charge in [-0.05, 0) is 37.5 Å². The summed E-state index contributed by atoms with van der Waals surface area (Å²) in [4.78, 5) is 13.5. The zero-order valence-electron chi connectivity index (χ0n) is 14.2. The smallest absolute Gasteiger partial charge is 0.306 e. The second kappa shape index (κ2) is 6.61. The molecule has 6 heteroatoms. The van der Waals surface area contributed by atoms with Crippen LogP contribution in [0.25, 0.3) is 5.69 Å². The molecule has 0 radical (unpaired) electrons. The summed E-state index contributed by atoms with van der Waals surface area (Å²) in [5.41, 5.74) is 2.00. The molecule has 1 saturated carbocycles. The van der Waals surface area contributed by atoms with E-state index < -0.39 is 5.97 Å². The van der Waals surface area contributed by atoms with Gasteiger partial charge in [-0.15, -0.1) is 0 Å². The van der Waals surface area contributed by atoms with Crippen LogP contribution in [0.15, 0.2) is 42.6 Å². The Kier molecular flexibility index (Phi) is 4.31. The van der Waals surface area contributed by atoms with E-state index in [0.717, 1.165) is 43.7 Å². The van der Waals surface area contributed by atoms with E-state index in [0.29, 0.717) is 6.54 Å². The van der Waals surface area contributed by atoms with Crippen molar-refractivity contribution in [2.75, 3.05) is 13.1 Å². The van der Waals surface area contributed by atoms with Crippen LogP contribution in [0.2, 0.25) is 0 Å². The molecule has 1 N–H and O–H groups in total. The van der Waals surface area contributed by atoms with Crippen LogP contribution in [0.1, 0.15) is 31.4 Å². The van der Waals surface area contributed by atoms with Gasteiger partial charge in [-0.1, -0.05) is 18.2 Å². The number of carboxylic acids is 1. The fourth-order valence-corrected chi connectivity index (χ4v) is 3.94. The van der Waals surface area contributed by atoms with Crippen LogP contribution >= 0.6 is 0 Å². The van der Waals surface area contributed by atoms with Crippen molar-refractivity contribution in [3.63, 3.8) is 0 Å². The van der Waals surface area contributed by atoms with Crippen molar-refractivity contribution in [1.82, 2.24) is 14.7 Å². The predicted molar refractivity (Wildman–Crippen MR) is 92.5 cm³/mol. The van der Waals surface area contributed by atoms with Crippen LogP contribution in [-0.2, 0) is 16.1 Å². The minimum Gasteiger partial charge on any atom is -0.481 e. The number of hydrogen-bond donors (Lipinski definition) is 1. The van der Waals surface area contributed by atoms with Gasteiger partial charge < -0.3 is 9.84 Å². The molecule has 4 rings (SSSR count). The van der Waals surface area contributed by atoms with E-state index in [-0.39, 0.29) is 18.1 Å². The highest BCUT2D eigenvalue weighted by atomic mass is 16.5. The summed E-state index contributed by atoms with van der Waals surface area (Å²) in [7, 11) is 0. The number of aliphatic carboxylic acids is 1. The Labute approximate surface area is 147 Å². The van der Waals surface area contributed by atoms with E-state index in [1.54, 1.807) is 0 Å². The van der Waals surface area contributed by atoms with Gasteiger partial charge in [-0.25, -0.2) is 4.68 Å². The lowest BCUT2D eigenvalue weighted by Crippen LogP contribution is -2.58. The van der Waals surface area contributed by atoms with Crippen LogP contribution in [0.4, 0.5) is 0 Å². The molecule has 6 nitrogen and oxygen atoms in total. The van der Waals surface area contributed by atoms with Crippen molar-refractivity contribution in [1.29, 1.82) is 0 Å².